The second kappa shape index (κ2) is 6.22. The molecule has 3 N–H and O–H groups in total. The summed E-state index contributed by atoms with van der Waals surface area (Å²) < 4.78 is 13.4. The van der Waals surface area contributed by atoms with Gasteiger partial charge in [-0.15, -0.1) is 0 Å². The minimum Gasteiger partial charge on any atom is -0.481 e. The highest BCUT2D eigenvalue weighted by molar-refractivity contribution is 5.92. The van der Waals surface area contributed by atoms with Gasteiger partial charge >= 0.3 is 5.97 Å². The molecule has 1 aromatic rings. The van der Waals surface area contributed by atoms with Crippen LogP contribution in [0.4, 0.5) is 10.1 Å². The van der Waals surface area contributed by atoms with Gasteiger partial charge in [0.2, 0.25) is 5.91 Å². The lowest BCUT2D eigenvalue weighted by atomic mass is 9.74. The number of carbonyl (C=O) groups is 2. The van der Waals surface area contributed by atoms with Crippen LogP contribution >= 0.6 is 0 Å². The Morgan fingerprint density at radius 3 is 2.29 bits per heavy atom. The molecule has 21 heavy (non-hydrogen) atoms. The van der Waals surface area contributed by atoms with Crippen molar-refractivity contribution < 1.29 is 19.1 Å². The van der Waals surface area contributed by atoms with E-state index in [1.807, 2.05) is 0 Å². The molecule has 0 aromatic heterocycles. The zero-order valence-electron chi connectivity index (χ0n) is 12.7. The second-order valence-electron chi connectivity index (χ2n) is 5.94. The highest BCUT2D eigenvalue weighted by atomic mass is 19.1. The number of anilines is 1. The van der Waals surface area contributed by atoms with E-state index in [1.54, 1.807) is 33.8 Å². The van der Waals surface area contributed by atoms with Crippen molar-refractivity contribution >= 4 is 17.6 Å². The van der Waals surface area contributed by atoms with Gasteiger partial charge in [0.1, 0.15) is 5.82 Å². The summed E-state index contributed by atoms with van der Waals surface area (Å²) in [7, 11) is 0. The van der Waals surface area contributed by atoms with Crippen molar-refractivity contribution in [2.75, 3.05) is 11.9 Å². The van der Waals surface area contributed by atoms with Crippen molar-refractivity contribution in [2.24, 2.45) is 5.41 Å². The maximum Gasteiger partial charge on any atom is 0.310 e. The van der Waals surface area contributed by atoms with Crippen LogP contribution < -0.4 is 10.6 Å². The van der Waals surface area contributed by atoms with E-state index in [2.05, 4.69) is 10.6 Å². The van der Waals surface area contributed by atoms with Crippen LogP contribution in [0.5, 0.6) is 0 Å². The summed E-state index contributed by atoms with van der Waals surface area (Å²) in [5, 5.41) is 14.6. The number of amides is 1. The summed E-state index contributed by atoms with van der Waals surface area (Å²) >= 11 is 0. The number of carboxylic acid groups (broad SMARTS) is 1. The van der Waals surface area contributed by atoms with E-state index in [4.69, 9.17) is 0 Å². The predicted octanol–water partition coefficient (Wildman–Crippen LogP) is 2.24. The maximum absolute atomic E-state index is 13.4. The van der Waals surface area contributed by atoms with Crippen LogP contribution in [-0.4, -0.2) is 29.1 Å². The van der Waals surface area contributed by atoms with Gasteiger partial charge in [0, 0.05) is 5.54 Å². The van der Waals surface area contributed by atoms with E-state index in [1.165, 1.54) is 18.2 Å². The molecule has 0 aliphatic rings. The Balaban J connectivity index is 2.65. The lowest BCUT2D eigenvalue weighted by Gasteiger charge is -2.38. The largest absolute Gasteiger partial charge is 0.481 e. The molecule has 0 saturated carbocycles. The molecule has 0 bridgehead atoms. The number of hydrogen-bond acceptors (Lipinski definition) is 3. The van der Waals surface area contributed by atoms with E-state index in [0.29, 0.717) is 0 Å². The number of carbonyl (C=O) groups excluding carboxylic acids is 1. The van der Waals surface area contributed by atoms with Gasteiger partial charge in [0.05, 0.1) is 17.6 Å². The van der Waals surface area contributed by atoms with Gasteiger partial charge in [-0.2, -0.15) is 0 Å². The first-order valence-electron chi connectivity index (χ1n) is 6.61. The molecule has 1 amide bonds. The third-order valence-corrected chi connectivity index (χ3v) is 3.94. The fourth-order valence-electron chi connectivity index (χ4n) is 1.55. The fourth-order valence-corrected chi connectivity index (χ4v) is 1.55. The van der Waals surface area contributed by atoms with Gasteiger partial charge in [-0.25, -0.2) is 4.39 Å². The standard InChI is InChI=1S/C15H21FN2O3/c1-14(2,13(20)21)15(3,4)17-9-12(19)18-11-8-6-5-7-10(11)16/h5-8,17H,9H2,1-4H3,(H,18,19)(H,20,21). The van der Waals surface area contributed by atoms with E-state index < -0.39 is 28.6 Å². The maximum atomic E-state index is 13.4. The summed E-state index contributed by atoms with van der Waals surface area (Å²) in [5.41, 5.74) is -1.78. The van der Waals surface area contributed by atoms with Crippen LogP contribution in [0, 0.1) is 11.2 Å². The second-order valence-corrected chi connectivity index (χ2v) is 5.94. The van der Waals surface area contributed by atoms with Crippen LogP contribution in [0.2, 0.25) is 0 Å². The molecule has 0 unspecified atom stereocenters. The van der Waals surface area contributed by atoms with Crippen LogP contribution in [0.15, 0.2) is 24.3 Å². The Morgan fingerprint density at radius 2 is 1.76 bits per heavy atom. The molecule has 116 valence electrons. The summed E-state index contributed by atoms with van der Waals surface area (Å²) in [5.74, 6) is -1.92. The minimum absolute atomic E-state index is 0.0969. The Kier molecular flexibility index (Phi) is 5.06. The third-order valence-electron chi connectivity index (χ3n) is 3.94. The molecular weight excluding hydrogens is 275 g/mol. The summed E-state index contributed by atoms with van der Waals surface area (Å²) in [4.78, 5) is 23.1. The highest BCUT2D eigenvalue weighted by Gasteiger charge is 2.43. The first-order chi connectivity index (χ1) is 9.58. The lowest BCUT2D eigenvalue weighted by molar-refractivity contribution is -0.151. The Morgan fingerprint density at radius 1 is 1.19 bits per heavy atom. The normalized spacial score (nSPS) is 12.0. The molecule has 0 atom stereocenters. The SMILES string of the molecule is CC(C)(NCC(=O)Nc1ccccc1F)C(C)(C)C(=O)O. The molecule has 0 saturated heterocycles. The van der Waals surface area contributed by atoms with E-state index in [9.17, 15) is 19.1 Å². The van der Waals surface area contributed by atoms with E-state index >= 15 is 0 Å². The molecule has 0 fully saturated rings. The molecule has 5 nitrogen and oxygen atoms in total. The smallest absolute Gasteiger partial charge is 0.310 e. The van der Waals surface area contributed by atoms with Crippen molar-refractivity contribution in [2.45, 2.75) is 33.2 Å². The number of aliphatic carboxylic acids is 1. The molecule has 6 heteroatoms. The van der Waals surface area contributed by atoms with Crippen molar-refractivity contribution in [1.29, 1.82) is 0 Å². The first kappa shape index (κ1) is 17.1. The van der Waals surface area contributed by atoms with Crippen molar-refractivity contribution in [1.82, 2.24) is 5.32 Å². The number of rotatable bonds is 6. The fraction of sp³-hybridized carbons (Fsp3) is 0.467. The molecule has 0 radical (unpaired) electrons. The van der Waals surface area contributed by atoms with Crippen LogP contribution in [0.1, 0.15) is 27.7 Å². The summed E-state index contributed by atoms with van der Waals surface area (Å²) in [6, 6.07) is 5.85. The van der Waals surface area contributed by atoms with E-state index in [-0.39, 0.29) is 12.2 Å². The predicted molar refractivity (Wildman–Crippen MR) is 78.5 cm³/mol. The number of nitrogens with one attached hydrogen (secondary N) is 2. The topological polar surface area (TPSA) is 78.4 Å². The van der Waals surface area contributed by atoms with Gasteiger partial charge in [0.15, 0.2) is 0 Å². The zero-order valence-corrected chi connectivity index (χ0v) is 12.7. The van der Waals surface area contributed by atoms with Crippen LogP contribution in [0.3, 0.4) is 0 Å². The Labute approximate surface area is 123 Å². The number of para-hydroxylation sites is 1. The number of hydrogen-bond donors (Lipinski definition) is 3. The van der Waals surface area contributed by atoms with Crippen LogP contribution in [-0.2, 0) is 9.59 Å². The average Bonchev–Trinajstić information content (AvgIpc) is 2.39. The monoisotopic (exact) mass is 296 g/mol. The van der Waals surface area contributed by atoms with Crippen LogP contribution in [0.25, 0.3) is 0 Å². The van der Waals surface area contributed by atoms with Crippen molar-refractivity contribution in [3.63, 3.8) is 0 Å². The summed E-state index contributed by atoms with van der Waals surface area (Å²) in [6.45, 7) is 6.46. The highest BCUT2D eigenvalue weighted by Crippen LogP contribution is 2.30. The quantitative estimate of drug-likeness (QED) is 0.752. The summed E-state index contributed by atoms with van der Waals surface area (Å²) in [6.07, 6.45) is 0. The molecule has 0 aliphatic heterocycles. The Hall–Kier alpha value is -1.95. The lowest BCUT2D eigenvalue weighted by Crippen LogP contribution is -2.56. The molecular formula is C15H21FN2O3. The molecule has 1 aromatic carbocycles. The minimum atomic E-state index is -1.06. The Bertz CT molecular complexity index is 541. The average molecular weight is 296 g/mol. The molecule has 1 rings (SSSR count). The third kappa shape index (κ3) is 4.01. The molecule has 0 spiro atoms. The van der Waals surface area contributed by atoms with Gasteiger partial charge in [0.25, 0.3) is 0 Å². The van der Waals surface area contributed by atoms with Crippen molar-refractivity contribution in [3.8, 4) is 0 Å². The van der Waals surface area contributed by atoms with Crippen molar-refractivity contribution in [3.05, 3.63) is 30.1 Å². The van der Waals surface area contributed by atoms with Gasteiger partial charge in [-0.3, -0.25) is 9.59 Å². The van der Waals surface area contributed by atoms with Gasteiger partial charge in [-0.05, 0) is 39.8 Å². The van der Waals surface area contributed by atoms with E-state index in [0.717, 1.165) is 0 Å². The zero-order chi connectivity index (χ0) is 16.3. The molecule has 0 heterocycles. The van der Waals surface area contributed by atoms with Gasteiger partial charge < -0.3 is 15.7 Å². The van der Waals surface area contributed by atoms with Gasteiger partial charge in [-0.1, -0.05) is 12.1 Å². The molecule has 0 aliphatic carbocycles. The number of carboxylic acids is 1. The number of halogens is 1. The first-order valence-corrected chi connectivity index (χ1v) is 6.61. The number of benzene rings is 1.